The van der Waals surface area contributed by atoms with E-state index in [2.05, 4.69) is 14.7 Å². The number of sulfonamides is 1. The number of thiophene rings is 1. The Bertz CT molecular complexity index is 1450. The summed E-state index contributed by atoms with van der Waals surface area (Å²) >= 11 is 18.9. The molecule has 4 aromatic rings. The lowest BCUT2D eigenvalue weighted by Crippen LogP contribution is -2.36. The van der Waals surface area contributed by atoms with Crippen LogP contribution in [-0.4, -0.2) is 19.4 Å². The number of pyridine rings is 1. The number of aliphatic imine (C=N–C) groups is 1. The van der Waals surface area contributed by atoms with Crippen molar-refractivity contribution in [3.8, 4) is 22.4 Å². The van der Waals surface area contributed by atoms with Gasteiger partial charge in [0, 0.05) is 27.4 Å². The summed E-state index contributed by atoms with van der Waals surface area (Å²) in [6.45, 7) is 0.119. The Hall–Kier alpha value is -2.62. The van der Waals surface area contributed by atoms with E-state index in [0.717, 1.165) is 39.3 Å². The summed E-state index contributed by atoms with van der Waals surface area (Å²) in [5, 5.41) is 1.25. The molecule has 0 aliphatic carbocycles. The summed E-state index contributed by atoms with van der Waals surface area (Å²) in [5.74, 6) is -0.237. The molecule has 0 amide bonds. The average molecular weight is 552 g/mol. The number of nitrogens with zero attached hydrogens (tertiary/aromatic N) is 2. The van der Waals surface area contributed by atoms with Crippen LogP contribution < -0.4 is 10.5 Å². The second-order valence-electron chi connectivity index (χ2n) is 7.12. The van der Waals surface area contributed by atoms with E-state index in [1.54, 1.807) is 30.5 Å². The zero-order chi connectivity index (χ0) is 24.3. The van der Waals surface area contributed by atoms with E-state index in [0.29, 0.717) is 14.4 Å². The molecule has 0 aliphatic rings. The van der Waals surface area contributed by atoms with E-state index in [1.807, 2.05) is 30.3 Å². The molecule has 174 valence electrons. The first-order chi connectivity index (χ1) is 16.2. The molecular formula is C23H17Cl3N4O2S2. The van der Waals surface area contributed by atoms with E-state index in [4.69, 9.17) is 40.5 Å². The highest BCUT2D eigenvalue weighted by Crippen LogP contribution is 2.32. The number of rotatable bonds is 6. The minimum Gasteiger partial charge on any atom is -0.369 e. The topological polar surface area (TPSA) is 97.4 Å². The number of nitrogens with one attached hydrogen (secondary N) is 1. The van der Waals surface area contributed by atoms with Crippen molar-refractivity contribution < 1.29 is 8.42 Å². The van der Waals surface area contributed by atoms with Gasteiger partial charge in [0.25, 0.3) is 10.0 Å². The third-order valence-electron chi connectivity index (χ3n) is 4.70. The van der Waals surface area contributed by atoms with Crippen molar-refractivity contribution >= 4 is 62.1 Å². The summed E-state index contributed by atoms with van der Waals surface area (Å²) < 4.78 is 27.5. The Morgan fingerprint density at radius 3 is 2.15 bits per heavy atom. The maximum Gasteiger partial charge on any atom is 0.273 e. The van der Waals surface area contributed by atoms with Crippen LogP contribution in [-0.2, 0) is 16.6 Å². The first-order valence-corrected chi connectivity index (χ1v) is 13.2. The van der Waals surface area contributed by atoms with Crippen molar-refractivity contribution in [2.24, 2.45) is 10.7 Å². The first kappa shape index (κ1) is 24.5. The highest BCUT2D eigenvalue weighted by molar-refractivity contribution is 7.92. The molecule has 0 saturated heterocycles. The third kappa shape index (κ3) is 5.89. The lowest BCUT2D eigenvalue weighted by molar-refractivity contribution is 0.594. The van der Waals surface area contributed by atoms with Crippen LogP contribution in [0.2, 0.25) is 14.4 Å². The highest BCUT2D eigenvalue weighted by Gasteiger charge is 2.17. The van der Waals surface area contributed by atoms with E-state index in [1.165, 1.54) is 12.1 Å². The van der Waals surface area contributed by atoms with Gasteiger partial charge in [0.2, 0.25) is 5.96 Å². The minimum atomic E-state index is -3.86. The van der Waals surface area contributed by atoms with Crippen molar-refractivity contribution in [2.75, 3.05) is 0 Å². The Kier molecular flexibility index (Phi) is 7.45. The van der Waals surface area contributed by atoms with Gasteiger partial charge in [-0.15, -0.1) is 11.3 Å². The molecule has 0 spiro atoms. The van der Waals surface area contributed by atoms with Gasteiger partial charge < -0.3 is 5.73 Å². The molecule has 0 saturated carbocycles. The summed E-state index contributed by atoms with van der Waals surface area (Å²) in [5.41, 5.74) is 10.0. The first-order valence-electron chi connectivity index (χ1n) is 9.80. The van der Waals surface area contributed by atoms with Crippen LogP contribution in [0.5, 0.6) is 0 Å². The molecule has 2 aromatic carbocycles. The molecule has 4 rings (SSSR count). The fourth-order valence-corrected chi connectivity index (χ4v) is 5.81. The lowest BCUT2D eigenvalue weighted by Gasteiger charge is -2.12. The summed E-state index contributed by atoms with van der Waals surface area (Å²) in [6, 6.07) is 19.6. The molecule has 0 aliphatic heterocycles. The number of hydrogen-bond donors (Lipinski definition) is 2. The molecule has 0 radical (unpaired) electrons. The van der Waals surface area contributed by atoms with Gasteiger partial charge in [0.1, 0.15) is 4.21 Å². The number of guanidine groups is 1. The molecule has 34 heavy (non-hydrogen) atoms. The number of hydrogen-bond acceptors (Lipinski definition) is 5. The van der Waals surface area contributed by atoms with Crippen LogP contribution in [0.15, 0.2) is 82.1 Å². The van der Waals surface area contributed by atoms with Crippen molar-refractivity contribution in [1.82, 2.24) is 9.71 Å². The van der Waals surface area contributed by atoms with Gasteiger partial charge in [-0.05, 0) is 53.6 Å². The summed E-state index contributed by atoms with van der Waals surface area (Å²) in [7, 11) is -3.86. The number of nitrogens with two attached hydrogens (primary N) is 1. The summed E-state index contributed by atoms with van der Waals surface area (Å²) in [6.07, 6.45) is 1.67. The van der Waals surface area contributed by atoms with Gasteiger partial charge in [0.05, 0.1) is 16.6 Å². The third-order valence-corrected chi connectivity index (χ3v) is 8.28. The normalized spacial score (nSPS) is 12.0. The highest BCUT2D eigenvalue weighted by atomic mass is 35.5. The van der Waals surface area contributed by atoms with Crippen molar-refractivity contribution in [3.63, 3.8) is 0 Å². The number of halogens is 3. The largest absolute Gasteiger partial charge is 0.369 e. The smallest absolute Gasteiger partial charge is 0.273 e. The van der Waals surface area contributed by atoms with E-state index < -0.39 is 10.0 Å². The van der Waals surface area contributed by atoms with E-state index in [9.17, 15) is 8.42 Å². The van der Waals surface area contributed by atoms with E-state index >= 15 is 0 Å². The SMILES string of the molecule is NC(=NCc1cnc(-c2ccc(Cl)cc2)c(-c2ccc(Cl)cc2)c1)NS(=O)(=O)c1ccc(Cl)s1. The lowest BCUT2D eigenvalue weighted by atomic mass is 9.98. The molecule has 2 heterocycles. The van der Waals surface area contributed by atoms with Crippen LogP contribution in [0.25, 0.3) is 22.4 Å². The quantitative estimate of drug-likeness (QED) is 0.219. The average Bonchev–Trinajstić information content (AvgIpc) is 3.26. The van der Waals surface area contributed by atoms with Crippen LogP contribution >= 0.6 is 46.1 Å². The maximum absolute atomic E-state index is 12.4. The molecule has 3 N–H and O–H groups in total. The van der Waals surface area contributed by atoms with Gasteiger partial charge >= 0.3 is 0 Å². The van der Waals surface area contributed by atoms with Gasteiger partial charge in [-0.2, -0.15) is 0 Å². The predicted octanol–water partition coefficient (Wildman–Crippen LogP) is 6.23. The Morgan fingerprint density at radius 2 is 1.56 bits per heavy atom. The second kappa shape index (κ2) is 10.3. The van der Waals surface area contributed by atoms with Crippen LogP contribution in [0, 0.1) is 0 Å². The molecule has 11 heteroatoms. The van der Waals surface area contributed by atoms with Gasteiger partial charge in [0.15, 0.2) is 0 Å². The van der Waals surface area contributed by atoms with Crippen molar-refractivity contribution in [1.29, 1.82) is 0 Å². The Morgan fingerprint density at radius 1 is 0.941 bits per heavy atom. The summed E-state index contributed by atoms with van der Waals surface area (Å²) in [4.78, 5) is 8.81. The Balaban J connectivity index is 1.63. The molecular weight excluding hydrogens is 535 g/mol. The monoisotopic (exact) mass is 550 g/mol. The Labute approximate surface area is 216 Å². The molecule has 6 nitrogen and oxygen atoms in total. The van der Waals surface area contributed by atoms with E-state index in [-0.39, 0.29) is 16.7 Å². The number of benzene rings is 2. The standard InChI is InChI=1S/C23H17Cl3N4O2S2/c24-17-5-1-15(2-6-17)19-11-14(12-28-22(19)16-3-7-18(25)8-4-16)13-29-23(27)30-34(31,32)21-10-9-20(26)33-21/h1-12H,13H2,(H3,27,29,30). The zero-order valence-corrected chi connectivity index (χ0v) is 21.3. The minimum absolute atomic E-state index is 0.0506. The molecule has 0 fully saturated rings. The van der Waals surface area contributed by atoms with Gasteiger partial charge in [-0.25, -0.2) is 18.1 Å². The molecule has 0 atom stereocenters. The molecule has 2 aromatic heterocycles. The van der Waals surface area contributed by atoms with Crippen molar-refractivity contribution in [3.05, 3.63) is 92.9 Å². The molecule has 0 bridgehead atoms. The van der Waals surface area contributed by atoms with Gasteiger partial charge in [-0.1, -0.05) is 59.1 Å². The predicted molar refractivity (Wildman–Crippen MR) is 140 cm³/mol. The second-order valence-corrected chi connectivity index (χ2v) is 11.6. The van der Waals surface area contributed by atoms with Crippen molar-refractivity contribution in [2.45, 2.75) is 10.8 Å². The fourth-order valence-electron chi connectivity index (χ4n) is 3.12. The fraction of sp³-hybridized carbons (Fsp3) is 0.0435. The molecule has 0 unspecified atom stereocenters. The van der Waals surface area contributed by atoms with Crippen LogP contribution in [0.3, 0.4) is 0 Å². The van der Waals surface area contributed by atoms with Gasteiger partial charge in [-0.3, -0.25) is 4.98 Å². The maximum atomic E-state index is 12.4. The number of aromatic nitrogens is 1. The van der Waals surface area contributed by atoms with Crippen LogP contribution in [0.4, 0.5) is 0 Å². The zero-order valence-electron chi connectivity index (χ0n) is 17.4. The van der Waals surface area contributed by atoms with Crippen LogP contribution in [0.1, 0.15) is 5.56 Å².